The van der Waals surface area contributed by atoms with Crippen LogP contribution in [0.2, 0.25) is 0 Å². The van der Waals surface area contributed by atoms with Crippen LogP contribution >= 0.6 is 0 Å². The van der Waals surface area contributed by atoms with Crippen LogP contribution in [0.15, 0.2) is 59.4 Å². The van der Waals surface area contributed by atoms with Crippen LogP contribution in [0, 0.1) is 6.92 Å². The average Bonchev–Trinajstić information content (AvgIpc) is 3.06. The minimum absolute atomic E-state index is 0.0449. The Labute approximate surface area is 181 Å². The number of carbonyl (C=O) groups is 1. The third-order valence-electron chi connectivity index (χ3n) is 5.57. The molecule has 1 saturated heterocycles. The van der Waals surface area contributed by atoms with Gasteiger partial charge in [0.1, 0.15) is 12.3 Å². The number of carbonyl (C=O) groups excluding carboxylic acids is 1. The molecule has 0 spiro atoms. The SMILES string of the molecule is Cc1cccc2nc(COC(=O)/C=C/c3ccc(N4CCCCCC4)cc3)cc(=O)n12. The highest BCUT2D eigenvalue weighted by Crippen LogP contribution is 2.20. The van der Waals surface area contributed by atoms with Gasteiger partial charge in [-0.05, 0) is 55.7 Å². The fourth-order valence-electron chi connectivity index (χ4n) is 3.92. The van der Waals surface area contributed by atoms with E-state index in [0.717, 1.165) is 24.3 Å². The number of pyridine rings is 1. The third-order valence-corrected chi connectivity index (χ3v) is 5.57. The number of fused-ring (bicyclic) bond motifs is 1. The summed E-state index contributed by atoms with van der Waals surface area (Å²) in [5, 5.41) is 0. The lowest BCUT2D eigenvalue weighted by Gasteiger charge is -2.22. The van der Waals surface area contributed by atoms with Crippen LogP contribution < -0.4 is 10.5 Å². The Balaban J connectivity index is 1.35. The molecular weight excluding hydrogens is 390 g/mol. The number of ether oxygens (including phenoxy) is 1. The molecule has 4 rings (SSSR count). The molecule has 6 nitrogen and oxygen atoms in total. The Kier molecular flexibility index (Phi) is 6.46. The molecule has 6 heteroatoms. The van der Waals surface area contributed by atoms with Gasteiger partial charge in [0.25, 0.3) is 5.56 Å². The summed E-state index contributed by atoms with van der Waals surface area (Å²) >= 11 is 0. The van der Waals surface area contributed by atoms with E-state index in [1.807, 2.05) is 31.2 Å². The molecule has 0 unspecified atom stereocenters. The minimum atomic E-state index is -0.470. The number of aryl methyl sites for hydroxylation is 1. The smallest absolute Gasteiger partial charge is 0.331 e. The Morgan fingerprint density at radius 2 is 1.81 bits per heavy atom. The van der Waals surface area contributed by atoms with Gasteiger partial charge in [0.2, 0.25) is 0 Å². The highest BCUT2D eigenvalue weighted by atomic mass is 16.5. The van der Waals surface area contributed by atoms with E-state index in [9.17, 15) is 9.59 Å². The van der Waals surface area contributed by atoms with Crippen LogP contribution in [0.25, 0.3) is 11.7 Å². The van der Waals surface area contributed by atoms with Crippen LogP contribution in [0.5, 0.6) is 0 Å². The monoisotopic (exact) mass is 417 g/mol. The molecule has 0 saturated carbocycles. The quantitative estimate of drug-likeness (QED) is 0.461. The number of hydrogen-bond acceptors (Lipinski definition) is 5. The van der Waals surface area contributed by atoms with Gasteiger partial charge in [-0.2, -0.15) is 0 Å². The molecule has 3 heterocycles. The molecule has 1 aliphatic heterocycles. The summed E-state index contributed by atoms with van der Waals surface area (Å²) in [5.74, 6) is -0.470. The average molecular weight is 418 g/mol. The molecule has 160 valence electrons. The van der Waals surface area contributed by atoms with Crippen molar-refractivity contribution in [3.63, 3.8) is 0 Å². The van der Waals surface area contributed by atoms with Gasteiger partial charge in [-0.3, -0.25) is 9.20 Å². The van der Waals surface area contributed by atoms with Gasteiger partial charge >= 0.3 is 5.97 Å². The lowest BCUT2D eigenvalue weighted by Crippen LogP contribution is -2.23. The van der Waals surface area contributed by atoms with Gasteiger partial charge < -0.3 is 9.64 Å². The summed E-state index contributed by atoms with van der Waals surface area (Å²) < 4.78 is 6.80. The lowest BCUT2D eigenvalue weighted by molar-refractivity contribution is -0.139. The molecule has 1 aliphatic rings. The molecule has 0 atom stereocenters. The summed E-state index contributed by atoms with van der Waals surface area (Å²) in [4.78, 5) is 31.2. The molecular formula is C25H27N3O3. The molecule has 0 amide bonds. The minimum Gasteiger partial charge on any atom is -0.456 e. The molecule has 0 bridgehead atoms. The second-order valence-electron chi connectivity index (χ2n) is 7.88. The first-order valence-corrected chi connectivity index (χ1v) is 10.8. The van der Waals surface area contributed by atoms with Crippen molar-refractivity contribution >= 4 is 23.4 Å². The Morgan fingerprint density at radius 1 is 1.06 bits per heavy atom. The van der Waals surface area contributed by atoms with Crippen molar-refractivity contribution in [1.29, 1.82) is 0 Å². The predicted molar refractivity (Wildman–Crippen MR) is 122 cm³/mol. The van der Waals surface area contributed by atoms with Crippen molar-refractivity contribution in [3.05, 3.63) is 81.9 Å². The van der Waals surface area contributed by atoms with E-state index in [1.54, 1.807) is 12.1 Å². The number of anilines is 1. The van der Waals surface area contributed by atoms with Crippen LogP contribution in [0.1, 0.15) is 42.6 Å². The fourth-order valence-corrected chi connectivity index (χ4v) is 3.92. The number of benzene rings is 1. The zero-order valence-corrected chi connectivity index (χ0v) is 17.8. The third kappa shape index (κ3) is 5.20. The summed E-state index contributed by atoms with van der Waals surface area (Å²) in [6.45, 7) is 4.01. The standard InChI is InChI=1S/C25H27N3O3/c1-19-7-6-8-23-26-21(17-24(29)28(19)23)18-31-25(30)14-11-20-9-12-22(13-10-20)27-15-4-2-3-5-16-27/h6-14,17H,2-5,15-16,18H2,1H3/b14-11+. The van der Waals surface area contributed by atoms with E-state index >= 15 is 0 Å². The van der Waals surface area contributed by atoms with Crippen LogP contribution in [-0.2, 0) is 16.1 Å². The zero-order chi connectivity index (χ0) is 21.6. The van der Waals surface area contributed by atoms with Crippen molar-refractivity contribution in [2.45, 2.75) is 39.2 Å². The van der Waals surface area contributed by atoms with Crippen molar-refractivity contribution in [2.24, 2.45) is 0 Å². The van der Waals surface area contributed by atoms with E-state index in [0.29, 0.717) is 11.3 Å². The highest BCUT2D eigenvalue weighted by Gasteiger charge is 2.09. The van der Waals surface area contributed by atoms with Gasteiger partial charge in [0.05, 0.1) is 5.69 Å². The van der Waals surface area contributed by atoms with E-state index in [2.05, 4.69) is 22.0 Å². The molecule has 3 aromatic rings. The number of nitrogens with zero attached hydrogens (tertiary/aromatic N) is 3. The zero-order valence-electron chi connectivity index (χ0n) is 17.8. The van der Waals surface area contributed by atoms with Gasteiger partial charge in [-0.15, -0.1) is 0 Å². The van der Waals surface area contributed by atoms with Crippen LogP contribution in [-0.4, -0.2) is 28.4 Å². The summed E-state index contributed by atoms with van der Waals surface area (Å²) in [6.07, 6.45) is 8.24. The first kappa shape index (κ1) is 20.8. The molecule has 2 aromatic heterocycles. The lowest BCUT2D eigenvalue weighted by atomic mass is 10.1. The maximum atomic E-state index is 12.3. The van der Waals surface area contributed by atoms with Crippen LogP contribution in [0.3, 0.4) is 0 Å². The maximum absolute atomic E-state index is 12.3. The fraction of sp³-hybridized carbons (Fsp3) is 0.320. The van der Waals surface area contributed by atoms with E-state index in [4.69, 9.17) is 4.74 Å². The molecule has 0 radical (unpaired) electrons. The van der Waals surface area contributed by atoms with Crippen molar-refractivity contribution < 1.29 is 9.53 Å². The van der Waals surface area contributed by atoms with Crippen molar-refractivity contribution in [1.82, 2.24) is 9.38 Å². The molecule has 1 aromatic carbocycles. The number of aromatic nitrogens is 2. The first-order chi connectivity index (χ1) is 15.1. The molecule has 0 N–H and O–H groups in total. The topological polar surface area (TPSA) is 63.9 Å². The van der Waals surface area contributed by atoms with Gasteiger partial charge in [-0.25, -0.2) is 9.78 Å². The van der Waals surface area contributed by atoms with Crippen LogP contribution in [0.4, 0.5) is 5.69 Å². The number of esters is 1. The highest BCUT2D eigenvalue weighted by molar-refractivity contribution is 5.87. The summed E-state index contributed by atoms with van der Waals surface area (Å²) in [7, 11) is 0. The van der Waals surface area contributed by atoms with Crippen molar-refractivity contribution in [2.75, 3.05) is 18.0 Å². The van der Waals surface area contributed by atoms with Gasteiger partial charge in [0, 0.05) is 36.6 Å². The number of rotatable bonds is 5. The van der Waals surface area contributed by atoms with E-state index in [1.165, 1.54) is 47.9 Å². The normalized spacial score (nSPS) is 14.7. The first-order valence-electron chi connectivity index (χ1n) is 10.8. The molecule has 1 fully saturated rings. The largest absolute Gasteiger partial charge is 0.456 e. The summed E-state index contributed by atoms with van der Waals surface area (Å²) in [5.41, 5.74) is 3.76. The predicted octanol–water partition coefficient (Wildman–Crippen LogP) is 4.14. The van der Waals surface area contributed by atoms with Gasteiger partial charge in [-0.1, -0.05) is 31.0 Å². The maximum Gasteiger partial charge on any atom is 0.331 e. The Hall–Kier alpha value is -3.41. The second kappa shape index (κ2) is 9.60. The van der Waals surface area contributed by atoms with Crippen molar-refractivity contribution in [3.8, 4) is 0 Å². The van der Waals surface area contributed by atoms with E-state index < -0.39 is 5.97 Å². The molecule has 0 aliphatic carbocycles. The number of hydrogen-bond donors (Lipinski definition) is 0. The molecule has 31 heavy (non-hydrogen) atoms. The van der Waals surface area contributed by atoms with Gasteiger partial charge in [0.15, 0.2) is 0 Å². The van der Waals surface area contributed by atoms with E-state index in [-0.39, 0.29) is 12.2 Å². The Morgan fingerprint density at radius 3 is 2.55 bits per heavy atom. The summed E-state index contributed by atoms with van der Waals surface area (Å²) in [6, 6.07) is 15.1. The Bertz CT molecular complexity index is 1140. The second-order valence-corrected chi connectivity index (χ2v) is 7.88.